The van der Waals surface area contributed by atoms with E-state index in [2.05, 4.69) is 0 Å². The van der Waals surface area contributed by atoms with Gasteiger partial charge in [-0.25, -0.2) is 0 Å². The third-order valence-electron chi connectivity index (χ3n) is 8.94. The molecule has 0 N–H and O–H groups in total. The maximum Gasteiger partial charge on any atom is 0.262 e. The first-order chi connectivity index (χ1) is 19.9. The molecule has 9 nitrogen and oxygen atoms in total. The van der Waals surface area contributed by atoms with Crippen LogP contribution in [0.15, 0.2) is 106 Å². The van der Waals surface area contributed by atoms with Crippen LogP contribution >= 0.6 is 0 Å². The van der Waals surface area contributed by atoms with Crippen LogP contribution < -0.4 is 15.0 Å². The Balaban J connectivity index is 1.50. The number of nitrogens with zero attached hydrogens (tertiary/aromatic N) is 6. The quantitative estimate of drug-likeness (QED) is 0.452. The normalized spacial score (nSPS) is 28.3. The molecule has 3 aromatic carbocycles. The highest BCUT2D eigenvalue weighted by atomic mass is 16.2. The minimum atomic E-state index is -1.61. The fraction of sp³-hybridized carbons (Fsp3) is 0.250. The highest BCUT2D eigenvalue weighted by Crippen LogP contribution is 2.85. The van der Waals surface area contributed by atoms with Gasteiger partial charge in [-0.1, -0.05) is 68.4 Å². The minimum absolute atomic E-state index is 0.361. The Hall–Kier alpha value is -4.92. The van der Waals surface area contributed by atoms with Crippen LogP contribution in [0.1, 0.15) is 33.6 Å². The van der Waals surface area contributed by atoms with Crippen molar-refractivity contribution < 1.29 is 14.4 Å². The predicted octanol–water partition coefficient (Wildman–Crippen LogP) is 5.01. The van der Waals surface area contributed by atoms with Crippen LogP contribution in [0.5, 0.6) is 0 Å². The highest BCUT2D eigenvalue weighted by molar-refractivity contribution is 6.48. The van der Waals surface area contributed by atoms with Crippen LogP contribution in [0.25, 0.3) is 0 Å². The largest absolute Gasteiger partial charge is 0.271 e. The Morgan fingerprint density at radius 1 is 0.512 bits per heavy atom. The third kappa shape index (κ3) is 2.66. The predicted molar refractivity (Wildman–Crippen MR) is 158 cm³/mol. The van der Waals surface area contributed by atoms with Crippen molar-refractivity contribution in [3.8, 4) is 0 Å². The molecule has 1 aliphatic carbocycles. The molecule has 41 heavy (non-hydrogen) atoms. The van der Waals surface area contributed by atoms with Gasteiger partial charge in [-0.15, -0.1) is 0 Å². The molecule has 7 rings (SSSR count). The van der Waals surface area contributed by atoms with E-state index < -0.39 is 34.0 Å². The van der Waals surface area contributed by atoms with Crippen molar-refractivity contribution in [1.29, 1.82) is 0 Å². The topological polar surface area (TPSA) is 98.0 Å². The fourth-order valence-corrected chi connectivity index (χ4v) is 7.47. The van der Waals surface area contributed by atoms with Crippen molar-refractivity contribution >= 4 is 51.9 Å². The van der Waals surface area contributed by atoms with E-state index >= 15 is 0 Å². The Labute approximate surface area is 237 Å². The van der Waals surface area contributed by atoms with Crippen LogP contribution in [0, 0.1) is 16.2 Å². The Morgan fingerprint density at radius 2 is 0.829 bits per heavy atom. The van der Waals surface area contributed by atoms with Gasteiger partial charge in [-0.3, -0.25) is 14.4 Å². The lowest BCUT2D eigenvalue weighted by Gasteiger charge is -2.19. The molecular formula is C32H28N6O3. The Morgan fingerprint density at radius 3 is 1.17 bits per heavy atom. The number of carbonyl (C=O) groups excluding carboxylic acids is 3. The van der Waals surface area contributed by atoms with Gasteiger partial charge in [-0.2, -0.15) is 30.3 Å². The van der Waals surface area contributed by atoms with Crippen LogP contribution in [-0.4, -0.2) is 34.9 Å². The van der Waals surface area contributed by atoms with Crippen molar-refractivity contribution in [3.63, 3.8) is 0 Å². The summed E-state index contributed by atoms with van der Waals surface area (Å²) in [6.45, 7) is 5.55. The maximum absolute atomic E-state index is 14.9. The van der Waals surface area contributed by atoms with E-state index in [9.17, 15) is 14.4 Å². The van der Waals surface area contributed by atoms with Gasteiger partial charge in [0.25, 0.3) is 17.7 Å². The molecule has 0 aromatic heterocycles. The van der Waals surface area contributed by atoms with Crippen LogP contribution in [0.2, 0.25) is 0 Å². The number of benzene rings is 3. The molecule has 0 bridgehead atoms. The zero-order chi connectivity index (χ0) is 28.6. The van der Waals surface area contributed by atoms with Gasteiger partial charge in [0.1, 0.15) is 16.2 Å². The van der Waals surface area contributed by atoms with Crippen molar-refractivity contribution in [3.05, 3.63) is 91.0 Å². The van der Waals surface area contributed by atoms with Crippen molar-refractivity contribution in [2.24, 2.45) is 31.5 Å². The lowest BCUT2D eigenvalue weighted by Crippen LogP contribution is -2.41. The fourth-order valence-electron chi connectivity index (χ4n) is 7.47. The van der Waals surface area contributed by atoms with Crippen molar-refractivity contribution in [1.82, 2.24) is 0 Å². The van der Waals surface area contributed by atoms with Crippen LogP contribution in [0.3, 0.4) is 0 Å². The van der Waals surface area contributed by atoms with Gasteiger partial charge >= 0.3 is 0 Å². The number of amides is 3. The first kappa shape index (κ1) is 25.1. The van der Waals surface area contributed by atoms with E-state index in [0.717, 1.165) is 0 Å². The first-order valence-electron chi connectivity index (χ1n) is 13.8. The molecule has 4 aliphatic rings. The summed E-state index contributed by atoms with van der Waals surface area (Å²) in [6.07, 6.45) is 0.722. The van der Waals surface area contributed by atoms with Crippen LogP contribution in [-0.2, 0) is 14.4 Å². The second-order valence-electron chi connectivity index (χ2n) is 10.6. The summed E-state index contributed by atoms with van der Waals surface area (Å²) in [5.74, 6) is -1.25. The maximum atomic E-state index is 14.9. The van der Waals surface area contributed by atoms with E-state index in [1.54, 1.807) is 43.3 Å². The number of hydrogen-bond acceptors (Lipinski definition) is 6. The molecule has 1 fully saturated rings. The Bertz CT molecular complexity index is 1610. The zero-order valence-electron chi connectivity index (χ0n) is 23.0. The smallest absolute Gasteiger partial charge is 0.262 e. The molecular weight excluding hydrogens is 516 g/mol. The SMILES string of the molecule is CCC1=NN(c2ccccc2)C(=O)[C@]12C1(C(=O)N(c3ccccc3)N=C1C)[C@]21C(=O)N(c2ccccc2)N=C1CC. The summed E-state index contributed by atoms with van der Waals surface area (Å²) >= 11 is 0. The number of fused-ring (bicyclic) bond motifs is 3. The second-order valence-corrected chi connectivity index (χ2v) is 10.6. The van der Waals surface area contributed by atoms with Gasteiger partial charge in [0, 0.05) is 0 Å². The van der Waals surface area contributed by atoms with Gasteiger partial charge in [-0.05, 0) is 56.2 Å². The number of anilines is 3. The molecule has 3 aliphatic heterocycles. The number of para-hydroxylation sites is 3. The summed E-state index contributed by atoms with van der Waals surface area (Å²) < 4.78 is 0. The molecule has 3 heterocycles. The van der Waals surface area contributed by atoms with Crippen LogP contribution in [0.4, 0.5) is 17.1 Å². The summed E-state index contributed by atoms with van der Waals surface area (Å²) in [5.41, 5.74) is -1.76. The summed E-state index contributed by atoms with van der Waals surface area (Å²) in [7, 11) is 0. The van der Waals surface area contributed by atoms with E-state index in [4.69, 9.17) is 15.3 Å². The minimum Gasteiger partial charge on any atom is -0.271 e. The van der Waals surface area contributed by atoms with Crippen molar-refractivity contribution in [2.75, 3.05) is 15.0 Å². The number of rotatable bonds is 5. The van der Waals surface area contributed by atoms with Gasteiger partial charge < -0.3 is 0 Å². The standard InChI is InChI=1S/C32H28N6O3/c1-4-25-31(28(40)37(34-25)23-17-11-7-12-18-23)30(21(3)33-36(27(30)39)22-15-9-6-10-16-22)32(31)26(5-2)35-38(29(32)41)24-19-13-8-14-20-24/h6-20H,4-5H2,1-3H3/t31-,32-/m0/s1. The summed E-state index contributed by atoms with van der Waals surface area (Å²) in [4.78, 5) is 44.7. The third-order valence-corrected chi connectivity index (χ3v) is 8.94. The first-order valence-corrected chi connectivity index (χ1v) is 13.8. The van der Waals surface area contributed by atoms with Gasteiger partial charge in [0.2, 0.25) is 0 Å². The average molecular weight is 545 g/mol. The van der Waals surface area contributed by atoms with E-state index in [-0.39, 0.29) is 0 Å². The molecule has 3 spiro atoms. The molecule has 2 atom stereocenters. The van der Waals surface area contributed by atoms with Gasteiger partial charge in [0.05, 0.1) is 34.2 Å². The molecule has 1 saturated carbocycles. The molecule has 0 radical (unpaired) electrons. The van der Waals surface area contributed by atoms with Crippen molar-refractivity contribution in [2.45, 2.75) is 33.6 Å². The number of hydrogen-bond donors (Lipinski definition) is 0. The second kappa shape index (κ2) is 8.54. The number of carbonyl (C=O) groups is 3. The molecule has 3 aromatic rings. The van der Waals surface area contributed by atoms with E-state index in [1.165, 1.54) is 15.0 Å². The monoisotopic (exact) mass is 544 g/mol. The molecule has 9 heteroatoms. The Kier molecular flexibility index (Phi) is 5.22. The zero-order valence-corrected chi connectivity index (χ0v) is 23.0. The molecule has 0 saturated heterocycles. The molecule has 0 unspecified atom stereocenters. The molecule has 204 valence electrons. The van der Waals surface area contributed by atoms with E-state index in [0.29, 0.717) is 47.0 Å². The lowest BCUT2D eigenvalue weighted by atomic mass is 9.82. The highest BCUT2D eigenvalue weighted by Gasteiger charge is 3.04. The number of hydrazone groups is 3. The average Bonchev–Trinajstić information content (AvgIpc) is 3.12. The van der Waals surface area contributed by atoms with Gasteiger partial charge in [0.15, 0.2) is 0 Å². The summed E-state index contributed by atoms with van der Waals surface area (Å²) in [6, 6.07) is 27.3. The molecule has 3 amide bonds. The summed E-state index contributed by atoms with van der Waals surface area (Å²) in [5, 5.41) is 18.4. The van der Waals surface area contributed by atoms with E-state index in [1.807, 2.05) is 68.4 Å². The lowest BCUT2D eigenvalue weighted by molar-refractivity contribution is -0.126.